The van der Waals surface area contributed by atoms with Crippen LogP contribution in [0.25, 0.3) is 11.0 Å². The van der Waals surface area contributed by atoms with Crippen LogP contribution in [0, 0.1) is 0 Å². The molecule has 0 aliphatic heterocycles. The Labute approximate surface area is 141 Å². The van der Waals surface area contributed by atoms with Gasteiger partial charge in [-0.1, -0.05) is 24.3 Å². The Morgan fingerprint density at radius 3 is 2.58 bits per heavy atom. The van der Waals surface area contributed by atoms with E-state index in [0.717, 1.165) is 35.5 Å². The van der Waals surface area contributed by atoms with Crippen LogP contribution in [0.15, 0.2) is 48.5 Å². The van der Waals surface area contributed by atoms with Crippen molar-refractivity contribution in [1.82, 2.24) is 9.55 Å². The minimum absolute atomic E-state index is 0.137. The van der Waals surface area contributed by atoms with E-state index in [1.54, 1.807) is 5.01 Å². The summed E-state index contributed by atoms with van der Waals surface area (Å²) in [6.07, 6.45) is 0.880. The molecule has 0 aliphatic carbocycles. The van der Waals surface area contributed by atoms with E-state index < -0.39 is 0 Å². The van der Waals surface area contributed by atoms with Crippen LogP contribution in [0.2, 0.25) is 0 Å². The van der Waals surface area contributed by atoms with Gasteiger partial charge in [0.15, 0.2) is 0 Å². The van der Waals surface area contributed by atoms with Gasteiger partial charge in [0.2, 0.25) is 0 Å². The lowest BCUT2D eigenvalue weighted by atomic mass is 10.2. The third-order valence-corrected chi connectivity index (χ3v) is 4.10. The maximum atomic E-state index is 6.25. The summed E-state index contributed by atoms with van der Waals surface area (Å²) in [6, 6.07) is 15.8. The first kappa shape index (κ1) is 16.3. The molecule has 1 aromatic heterocycles. The van der Waals surface area contributed by atoms with Crippen molar-refractivity contribution in [3.05, 3.63) is 54.4 Å². The second kappa shape index (κ2) is 6.90. The van der Waals surface area contributed by atoms with Gasteiger partial charge in [-0.3, -0.25) is 0 Å². The number of hydrogen-bond donors (Lipinski definition) is 3. The van der Waals surface area contributed by atoms with Gasteiger partial charge in [-0.2, -0.15) is 0 Å². The smallest absolute Gasteiger partial charge is 0.131 e. The lowest BCUT2D eigenvalue weighted by Gasteiger charge is -2.21. The summed E-state index contributed by atoms with van der Waals surface area (Å²) in [7, 11) is 0. The van der Waals surface area contributed by atoms with Crippen LogP contribution in [-0.2, 0) is 13.1 Å². The van der Waals surface area contributed by atoms with E-state index in [2.05, 4.69) is 10.6 Å². The Morgan fingerprint density at radius 1 is 1.12 bits per heavy atom. The number of anilines is 2. The second-order valence-corrected chi connectivity index (χ2v) is 6.12. The average molecular weight is 324 g/mol. The SMILES string of the molecule is CC(N)CCn1c(CN(N)c2ccccc2N)nc2ccccc21. The van der Waals surface area contributed by atoms with Crippen molar-refractivity contribution in [2.75, 3.05) is 10.7 Å². The molecule has 0 saturated heterocycles. The third kappa shape index (κ3) is 3.34. The molecule has 6 heteroatoms. The summed E-state index contributed by atoms with van der Waals surface area (Å²) in [5.74, 6) is 7.16. The first-order valence-electron chi connectivity index (χ1n) is 8.12. The number of aryl methyl sites for hydroxylation is 1. The zero-order valence-electron chi connectivity index (χ0n) is 13.9. The first-order chi connectivity index (χ1) is 11.6. The first-order valence-corrected chi connectivity index (χ1v) is 8.12. The highest BCUT2D eigenvalue weighted by molar-refractivity contribution is 5.76. The Hall–Kier alpha value is -2.57. The van der Waals surface area contributed by atoms with Crippen molar-refractivity contribution in [2.45, 2.75) is 32.5 Å². The molecular formula is C18H24N6. The lowest BCUT2D eigenvalue weighted by Crippen LogP contribution is -2.32. The van der Waals surface area contributed by atoms with Gasteiger partial charge in [-0.05, 0) is 37.6 Å². The van der Waals surface area contributed by atoms with E-state index in [9.17, 15) is 0 Å². The van der Waals surface area contributed by atoms with E-state index in [1.165, 1.54) is 0 Å². The molecule has 1 heterocycles. The van der Waals surface area contributed by atoms with Crippen LogP contribution in [0.5, 0.6) is 0 Å². The van der Waals surface area contributed by atoms with Crippen molar-refractivity contribution in [3.63, 3.8) is 0 Å². The molecule has 0 radical (unpaired) electrons. The number of benzene rings is 2. The maximum Gasteiger partial charge on any atom is 0.131 e. The molecule has 6 nitrogen and oxygen atoms in total. The van der Waals surface area contributed by atoms with Gasteiger partial charge in [0.1, 0.15) is 5.82 Å². The Balaban J connectivity index is 1.93. The topological polar surface area (TPSA) is 99.1 Å². The fraction of sp³-hybridized carbons (Fsp3) is 0.278. The van der Waals surface area contributed by atoms with Gasteiger partial charge in [0.05, 0.1) is 29.0 Å². The molecule has 0 aliphatic rings. The summed E-state index contributed by atoms with van der Waals surface area (Å²) in [5, 5.41) is 1.64. The molecule has 0 saturated carbocycles. The molecule has 2 aromatic carbocycles. The highest BCUT2D eigenvalue weighted by Crippen LogP contribution is 2.23. The van der Waals surface area contributed by atoms with Gasteiger partial charge in [-0.15, -0.1) is 0 Å². The highest BCUT2D eigenvalue weighted by atomic mass is 15.4. The van der Waals surface area contributed by atoms with Crippen LogP contribution in [0.1, 0.15) is 19.2 Å². The second-order valence-electron chi connectivity index (χ2n) is 6.12. The van der Waals surface area contributed by atoms with E-state index in [4.69, 9.17) is 22.3 Å². The summed E-state index contributed by atoms with van der Waals surface area (Å²) in [6.45, 7) is 3.30. The number of nitrogens with zero attached hydrogens (tertiary/aromatic N) is 3. The molecule has 6 N–H and O–H groups in total. The van der Waals surface area contributed by atoms with Gasteiger partial charge in [-0.25, -0.2) is 10.8 Å². The summed E-state index contributed by atoms with van der Waals surface area (Å²) >= 11 is 0. The molecular weight excluding hydrogens is 300 g/mol. The van der Waals surface area contributed by atoms with Crippen LogP contribution in [0.3, 0.4) is 0 Å². The zero-order valence-corrected chi connectivity index (χ0v) is 13.9. The normalized spacial score (nSPS) is 12.5. The van der Waals surface area contributed by atoms with Gasteiger partial charge >= 0.3 is 0 Å². The van der Waals surface area contributed by atoms with Crippen LogP contribution < -0.4 is 22.3 Å². The fourth-order valence-corrected chi connectivity index (χ4v) is 2.81. The number of nitrogens with two attached hydrogens (primary N) is 3. The monoisotopic (exact) mass is 324 g/mol. The molecule has 0 spiro atoms. The number of nitrogen functional groups attached to an aromatic ring is 1. The number of rotatable bonds is 6. The maximum absolute atomic E-state index is 6.25. The molecule has 0 fully saturated rings. The third-order valence-electron chi connectivity index (χ3n) is 4.10. The van der Waals surface area contributed by atoms with Gasteiger partial charge in [0, 0.05) is 12.6 Å². The van der Waals surface area contributed by atoms with Gasteiger partial charge in [0.25, 0.3) is 0 Å². The van der Waals surface area contributed by atoms with Crippen molar-refractivity contribution >= 4 is 22.4 Å². The molecule has 1 atom stereocenters. The molecule has 0 amide bonds. The lowest BCUT2D eigenvalue weighted by molar-refractivity contribution is 0.559. The van der Waals surface area contributed by atoms with Crippen molar-refractivity contribution in [2.24, 2.45) is 11.6 Å². The molecule has 24 heavy (non-hydrogen) atoms. The molecule has 126 valence electrons. The average Bonchev–Trinajstić information content (AvgIpc) is 2.90. The standard InChI is InChI=1S/C18H24N6/c1-13(19)10-11-23-17-9-5-3-7-15(17)22-18(23)12-24(21)16-8-4-2-6-14(16)20/h2-9,13H,10-12,19-21H2,1H3. The van der Waals surface area contributed by atoms with Crippen molar-refractivity contribution in [3.8, 4) is 0 Å². The predicted molar refractivity (Wildman–Crippen MR) is 99.2 cm³/mol. The number of aromatic nitrogens is 2. The number of hydrogen-bond acceptors (Lipinski definition) is 5. The quantitative estimate of drug-likeness (QED) is 0.367. The molecule has 1 unspecified atom stereocenters. The van der Waals surface area contributed by atoms with Crippen molar-refractivity contribution < 1.29 is 0 Å². The zero-order chi connectivity index (χ0) is 17.1. The van der Waals surface area contributed by atoms with Crippen LogP contribution in [0.4, 0.5) is 11.4 Å². The molecule has 3 aromatic rings. The van der Waals surface area contributed by atoms with Crippen LogP contribution in [-0.4, -0.2) is 15.6 Å². The minimum atomic E-state index is 0.137. The summed E-state index contributed by atoms with van der Waals surface area (Å²) < 4.78 is 2.19. The summed E-state index contributed by atoms with van der Waals surface area (Å²) in [5.41, 5.74) is 15.5. The highest BCUT2D eigenvalue weighted by Gasteiger charge is 2.14. The Bertz CT molecular complexity index is 823. The molecule has 3 rings (SSSR count). The number of imidazole rings is 1. The fourth-order valence-electron chi connectivity index (χ4n) is 2.81. The van der Waals surface area contributed by atoms with Crippen molar-refractivity contribution in [1.29, 1.82) is 0 Å². The predicted octanol–water partition coefficient (Wildman–Crippen LogP) is 2.24. The van der Waals surface area contributed by atoms with Crippen LogP contribution >= 0.6 is 0 Å². The largest absolute Gasteiger partial charge is 0.397 e. The number of para-hydroxylation sites is 4. The molecule has 0 bridgehead atoms. The van der Waals surface area contributed by atoms with E-state index in [0.29, 0.717) is 12.2 Å². The summed E-state index contributed by atoms with van der Waals surface area (Å²) in [4.78, 5) is 4.75. The van der Waals surface area contributed by atoms with Gasteiger partial charge < -0.3 is 21.0 Å². The number of fused-ring (bicyclic) bond motifs is 1. The van der Waals surface area contributed by atoms with E-state index in [1.807, 2.05) is 49.4 Å². The van der Waals surface area contributed by atoms with E-state index >= 15 is 0 Å². The minimum Gasteiger partial charge on any atom is -0.397 e. The Kier molecular flexibility index (Phi) is 4.69. The Morgan fingerprint density at radius 2 is 1.83 bits per heavy atom. The van der Waals surface area contributed by atoms with E-state index in [-0.39, 0.29) is 6.04 Å². The number of hydrazine groups is 1.